The second-order valence-corrected chi connectivity index (χ2v) is 9.39. The number of hydrogen-bond donors (Lipinski definition) is 2. The third-order valence-corrected chi connectivity index (χ3v) is 5.06. The van der Waals surface area contributed by atoms with Crippen molar-refractivity contribution in [3.63, 3.8) is 0 Å². The summed E-state index contributed by atoms with van der Waals surface area (Å²) in [6.45, 7) is 6.59. The summed E-state index contributed by atoms with van der Waals surface area (Å²) in [5.41, 5.74) is 0.693. The highest BCUT2D eigenvalue weighted by Crippen LogP contribution is 2.23. The Kier molecular flexibility index (Phi) is 8.74. The van der Waals surface area contributed by atoms with Crippen molar-refractivity contribution in [3.8, 4) is 11.6 Å². The maximum Gasteiger partial charge on any atom is 0.408 e. The zero-order valence-electron chi connectivity index (χ0n) is 21.4. The van der Waals surface area contributed by atoms with Gasteiger partial charge in [-0.3, -0.25) is 19.7 Å². The first-order chi connectivity index (χ1) is 17.9. The average molecular weight is 521 g/mol. The van der Waals surface area contributed by atoms with Crippen LogP contribution in [0.2, 0.25) is 0 Å². The van der Waals surface area contributed by atoms with Crippen LogP contribution in [0.1, 0.15) is 43.6 Å². The average Bonchev–Trinajstić information content (AvgIpc) is 2.83. The van der Waals surface area contributed by atoms with E-state index in [1.807, 2.05) is 0 Å². The number of aromatic nitrogens is 1. The zero-order valence-corrected chi connectivity index (χ0v) is 21.4. The molecular formula is C27H28N4O7. The van der Waals surface area contributed by atoms with E-state index in [4.69, 9.17) is 9.47 Å². The molecular weight excluding hydrogens is 492 g/mol. The SMILES string of the molecule is CC(=O)c1ccc(NC(=O)C(Cc2cccc(Oc3ccc([N+](=O)[O-])cn3)c2)NC(=O)OC(C)(C)C)cc1. The van der Waals surface area contributed by atoms with Gasteiger partial charge in [0.15, 0.2) is 5.78 Å². The first-order valence-electron chi connectivity index (χ1n) is 11.7. The number of anilines is 1. The highest BCUT2D eigenvalue weighted by molar-refractivity contribution is 5.98. The number of ketones is 1. The van der Waals surface area contributed by atoms with Gasteiger partial charge in [-0.2, -0.15) is 0 Å². The first-order valence-corrected chi connectivity index (χ1v) is 11.7. The normalized spacial score (nSPS) is 11.7. The van der Waals surface area contributed by atoms with Crippen molar-refractivity contribution in [1.82, 2.24) is 10.3 Å². The van der Waals surface area contributed by atoms with Gasteiger partial charge in [-0.05, 0) is 69.7 Å². The van der Waals surface area contributed by atoms with Crippen LogP contribution in [0, 0.1) is 10.1 Å². The Bertz CT molecular complexity index is 1320. The smallest absolute Gasteiger partial charge is 0.408 e. The number of nitro groups is 1. The van der Waals surface area contributed by atoms with Crippen LogP contribution < -0.4 is 15.4 Å². The Morgan fingerprint density at radius 3 is 2.34 bits per heavy atom. The molecule has 0 aliphatic heterocycles. The van der Waals surface area contributed by atoms with E-state index < -0.39 is 28.6 Å². The Morgan fingerprint density at radius 2 is 1.76 bits per heavy atom. The number of hydrogen-bond acceptors (Lipinski definition) is 8. The lowest BCUT2D eigenvalue weighted by atomic mass is 10.0. The van der Waals surface area contributed by atoms with Gasteiger partial charge in [-0.1, -0.05) is 12.1 Å². The van der Waals surface area contributed by atoms with Crippen molar-refractivity contribution < 1.29 is 28.8 Å². The second kappa shape index (κ2) is 12.0. The third kappa shape index (κ3) is 8.40. The van der Waals surface area contributed by atoms with Gasteiger partial charge in [0.1, 0.15) is 23.6 Å². The quantitative estimate of drug-likeness (QED) is 0.226. The minimum absolute atomic E-state index is 0.0987. The van der Waals surface area contributed by atoms with E-state index in [0.29, 0.717) is 22.6 Å². The van der Waals surface area contributed by atoms with Gasteiger partial charge in [-0.15, -0.1) is 0 Å². The molecule has 11 heteroatoms. The molecule has 0 radical (unpaired) electrons. The van der Waals surface area contributed by atoms with E-state index in [1.165, 1.54) is 19.1 Å². The van der Waals surface area contributed by atoms with Gasteiger partial charge in [0.25, 0.3) is 5.69 Å². The van der Waals surface area contributed by atoms with Crippen molar-refractivity contribution in [2.75, 3.05) is 5.32 Å². The van der Waals surface area contributed by atoms with Crippen LogP contribution in [-0.2, 0) is 16.0 Å². The predicted octanol–water partition coefficient (Wildman–Crippen LogP) is 5.06. The lowest BCUT2D eigenvalue weighted by molar-refractivity contribution is -0.385. The van der Waals surface area contributed by atoms with Crippen molar-refractivity contribution in [3.05, 3.63) is 88.1 Å². The summed E-state index contributed by atoms with van der Waals surface area (Å²) in [4.78, 5) is 51.4. The van der Waals surface area contributed by atoms with Gasteiger partial charge in [0.2, 0.25) is 11.8 Å². The predicted molar refractivity (Wildman–Crippen MR) is 139 cm³/mol. The number of pyridine rings is 1. The number of nitrogens with zero attached hydrogens (tertiary/aromatic N) is 2. The topological polar surface area (TPSA) is 150 Å². The largest absolute Gasteiger partial charge is 0.444 e. The number of carbonyl (C=O) groups is 3. The number of benzene rings is 2. The Labute approximate surface area is 219 Å². The number of ether oxygens (including phenoxy) is 2. The molecule has 0 saturated heterocycles. The highest BCUT2D eigenvalue weighted by atomic mass is 16.6. The lowest BCUT2D eigenvalue weighted by Crippen LogP contribution is -2.47. The van der Waals surface area contributed by atoms with Gasteiger partial charge in [0, 0.05) is 29.8 Å². The number of Topliss-reactive ketones (excluding diaryl/α,β-unsaturated/α-hetero) is 1. The number of nitrogens with one attached hydrogen (secondary N) is 2. The molecule has 0 saturated carbocycles. The maximum atomic E-state index is 13.2. The first kappa shape index (κ1) is 27.8. The van der Waals surface area contributed by atoms with Crippen LogP contribution in [0.3, 0.4) is 0 Å². The Morgan fingerprint density at radius 1 is 1.05 bits per heavy atom. The molecule has 0 aliphatic carbocycles. The number of alkyl carbamates (subject to hydrolysis) is 1. The summed E-state index contributed by atoms with van der Waals surface area (Å²) < 4.78 is 11.0. The molecule has 198 valence electrons. The summed E-state index contributed by atoms with van der Waals surface area (Å²) in [5.74, 6) is -0.0452. The number of rotatable bonds is 9. The van der Waals surface area contributed by atoms with Crippen LogP contribution in [-0.4, -0.2) is 39.3 Å². The van der Waals surface area contributed by atoms with Crippen molar-refractivity contribution in [2.45, 2.75) is 45.8 Å². The second-order valence-electron chi connectivity index (χ2n) is 9.39. The number of amides is 2. The monoisotopic (exact) mass is 520 g/mol. The minimum atomic E-state index is -1.01. The molecule has 11 nitrogen and oxygen atoms in total. The molecule has 2 aromatic carbocycles. The standard InChI is InChI=1S/C27H28N4O7/c1-17(32)19-8-10-20(11-9-19)29-25(33)23(30-26(34)38-27(2,3)4)15-18-6-5-7-22(14-18)37-24-13-12-21(16-28-24)31(35)36/h5-14,16,23H,15H2,1-4H3,(H,29,33)(H,30,34). The molecule has 38 heavy (non-hydrogen) atoms. The van der Waals surface area contributed by atoms with Crippen LogP contribution in [0.4, 0.5) is 16.2 Å². The summed E-state index contributed by atoms with van der Waals surface area (Å²) >= 11 is 0. The summed E-state index contributed by atoms with van der Waals surface area (Å²) in [6.07, 6.45) is 0.432. The molecule has 2 amide bonds. The molecule has 3 aromatic rings. The van der Waals surface area contributed by atoms with E-state index in [0.717, 1.165) is 6.20 Å². The van der Waals surface area contributed by atoms with Crippen LogP contribution >= 0.6 is 0 Å². The van der Waals surface area contributed by atoms with E-state index >= 15 is 0 Å². The van der Waals surface area contributed by atoms with Gasteiger partial charge < -0.3 is 20.1 Å². The third-order valence-electron chi connectivity index (χ3n) is 5.06. The van der Waals surface area contributed by atoms with Gasteiger partial charge in [-0.25, -0.2) is 9.78 Å². The maximum absolute atomic E-state index is 13.2. The fraction of sp³-hybridized carbons (Fsp3) is 0.259. The Balaban J connectivity index is 1.77. The van der Waals surface area contributed by atoms with Crippen LogP contribution in [0.15, 0.2) is 66.9 Å². The molecule has 0 aliphatic rings. The summed E-state index contributed by atoms with van der Waals surface area (Å²) in [5, 5.41) is 16.2. The summed E-state index contributed by atoms with van der Waals surface area (Å²) in [7, 11) is 0. The molecule has 1 heterocycles. The minimum Gasteiger partial charge on any atom is -0.444 e. The molecule has 1 aromatic heterocycles. The fourth-order valence-corrected chi connectivity index (χ4v) is 3.31. The molecule has 0 bridgehead atoms. The summed E-state index contributed by atoms with van der Waals surface area (Å²) in [6, 6.07) is 14.8. The van der Waals surface area contributed by atoms with Crippen LogP contribution in [0.5, 0.6) is 11.6 Å². The molecule has 1 unspecified atom stereocenters. The number of carbonyl (C=O) groups excluding carboxylic acids is 3. The van der Waals surface area contributed by atoms with Crippen molar-refractivity contribution in [1.29, 1.82) is 0 Å². The van der Waals surface area contributed by atoms with Gasteiger partial charge >= 0.3 is 6.09 Å². The molecule has 2 N–H and O–H groups in total. The van der Waals surface area contributed by atoms with Gasteiger partial charge in [0.05, 0.1) is 4.92 Å². The lowest BCUT2D eigenvalue weighted by Gasteiger charge is -2.23. The van der Waals surface area contributed by atoms with E-state index in [1.54, 1.807) is 69.3 Å². The fourth-order valence-electron chi connectivity index (χ4n) is 3.31. The molecule has 0 fully saturated rings. The molecule has 3 rings (SSSR count). The Hall–Kier alpha value is -4.80. The van der Waals surface area contributed by atoms with E-state index in [9.17, 15) is 24.5 Å². The van der Waals surface area contributed by atoms with E-state index in [2.05, 4.69) is 15.6 Å². The van der Waals surface area contributed by atoms with Crippen molar-refractivity contribution >= 4 is 29.2 Å². The van der Waals surface area contributed by atoms with E-state index in [-0.39, 0.29) is 23.8 Å². The zero-order chi connectivity index (χ0) is 27.9. The van der Waals surface area contributed by atoms with Crippen molar-refractivity contribution in [2.24, 2.45) is 0 Å². The highest BCUT2D eigenvalue weighted by Gasteiger charge is 2.25. The van der Waals surface area contributed by atoms with Crippen LogP contribution in [0.25, 0.3) is 0 Å². The molecule has 1 atom stereocenters. The molecule has 0 spiro atoms.